The van der Waals surface area contributed by atoms with Crippen LogP contribution in [-0.4, -0.2) is 48.0 Å². The van der Waals surface area contributed by atoms with Gasteiger partial charge in [0.25, 0.3) is 5.91 Å². The molecule has 2 heterocycles. The third-order valence-electron chi connectivity index (χ3n) is 6.65. The minimum absolute atomic E-state index is 0. The first-order valence-corrected chi connectivity index (χ1v) is 9.51. The Kier molecular flexibility index (Phi) is 5.54. The van der Waals surface area contributed by atoms with Crippen LogP contribution in [0.25, 0.3) is 0 Å². The molecule has 1 amide bonds. The molecule has 2 aliphatic heterocycles. The van der Waals surface area contributed by atoms with Gasteiger partial charge >= 0.3 is 0 Å². The van der Waals surface area contributed by atoms with Gasteiger partial charge in [-0.25, -0.2) is 8.78 Å². The molecule has 1 spiro atoms. The summed E-state index contributed by atoms with van der Waals surface area (Å²) in [6, 6.07) is 8.63. The van der Waals surface area contributed by atoms with E-state index in [1.54, 1.807) is 35.2 Å². The molecule has 1 aromatic carbocycles. The second kappa shape index (κ2) is 7.30. The SMILES string of the molecule is Cl.O=C(N1CCC2(CC1)CNC2)[C@](O)(c1ccccc1)[C@@H]1CCC(F)(F)C1. The van der Waals surface area contributed by atoms with Gasteiger partial charge in [0.1, 0.15) is 0 Å². The average Bonchev–Trinajstić information content (AvgIpc) is 3.00. The van der Waals surface area contributed by atoms with E-state index in [9.17, 15) is 18.7 Å². The number of halogens is 3. The Bertz CT molecular complexity index is 674. The van der Waals surface area contributed by atoms with Crippen molar-refractivity contribution < 1.29 is 18.7 Å². The first-order chi connectivity index (χ1) is 12.3. The van der Waals surface area contributed by atoms with Crippen molar-refractivity contribution in [3.63, 3.8) is 0 Å². The van der Waals surface area contributed by atoms with Crippen molar-refractivity contribution in [3.8, 4) is 0 Å². The van der Waals surface area contributed by atoms with E-state index in [-0.39, 0.29) is 30.7 Å². The number of nitrogens with zero attached hydrogens (tertiary/aromatic N) is 1. The molecule has 1 saturated carbocycles. The van der Waals surface area contributed by atoms with Crippen LogP contribution in [0.2, 0.25) is 0 Å². The van der Waals surface area contributed by atoms with Gasteiger partial charge in [-0.1, -0.05) is 30.3 Å². The van der Waals surface area contributed by atoms with E-state index in [1.807, 2.05) is 0 Å². The number of benzene rings is 1. The number of hydrogen-bond donors (Lipinski definition) is 2. The zero-order valence-corrected chi connectivity index (χ0v) is 16.1. The van der Waals surface area contributed by atoms with Gasteiger partial charge in [0, 0.05) is 44.9 Å². The number of amides is 1. The topological polar surface area (TPSA) is 52.6 Å². The van der Waals surface area contributed by atoms with Gasteiger partial charge in [-0.2, -0.15) is 0 Å². The van der Waals surface area contributed by atoms with Crippen molar-refractivity contribution in [2.75, 3.05) is 26.2 Å². The largest absolute Gasteiger partial charge is 0.375 e. The third kappa shape index (κ3) is 3.59. The Balaban J connectivity index is 0.00000210. The van der Waals surface area contributed by atoms with Gasteiger partial charge in [0.05, 0.1) is 0 Å². The maximum atomic E-state index is 13.9. The quantitative estimate of drug-likeness (QED) is 0.820. The normalized spacial score (nSPS) is 28.1. The van der Waals surface area contributed by atoms with E-state index < -0.39 is 29.8 Å². The van der Waals surface area contributed by atoms with Crippen LogP contribution >= 0.6 is 12.4 Å². The van der Waals surface area contributed by atoms with Crippen molar-refractivity contribution in [2.24, 2.45) is 11.3 Å². The highest BCUT2D eigenvalue weighted by molar-refractivity contribution is 5.87. The lowest BCUT2D eigenvalue weighted by atomic mass is 9.72. The van der Waals surface area contributed by atoms with Crippen molar-refractivity contribution in [1.29, 1.82) is 0 Å². The summed E-state index contributed by atoms with van der Waals surface area (Å²) >= 11 is 0. The fourth-order valence-corrected chi connectivity index (χ4v) is 4.79. The molecule has 150 valence electrons. The molecule has 0 bridgehead atoms. The summed E-state index contributed by atoms with van der Waals surface area (Å²) in [4.78, 5) is 15.0. The van der Waals surface area contributed by atoms with E-state index >= 15 is 0 Å². The minimum atomic E-state index is -2.81. The number of piperidine rings is 1. The Morgan fingerprint density at radius 1 is 1.15 bits per heavy atom. The number of rotatable bonds is 3. The van der Waals surface area contributed by atoms with E-state index in [0.29, 0.717) is 18.7 Å². The molecule has 7 heteroatoms. The average molecular weight is 401 g/mol. The van der Waals surface area contributed by atoms with E-state index in [4.69, 9.17) is 0 Å². The van der Waals surface area contributed by atoms with E-state index in [2.05, 4.69) is 5.32 Å². The van der Waals surface area contributed by atoms with Crippen LogP contribution in [0.3, 0.4) is 0 Å². The van der Waals surface area contributed by atoms with Crippen molar-refractivity contribution in [2.45, 2.75) is 43.6 Å². The molecule has 2 atom stereocenters. The van der Waals surface area contributed by atoms with Gasteiger partial charge in [-0.3, -0.25) is 4.79 Å². The zero-order valence-electron chi connectivity index (χ0n) is 15.3. The summed E-state index contributed by atoms with van der Waals surface area (Å²) in [5.41, 5.74) is -1.16. The number of likely N-dealkylation sites (tertiary alicyclic amines) is 1. The van der Waals surface area contributed by atoms with Crippen molar-refractivity contribution in [3.05, 3.63) is 35.9 Å². The fraction of sp³-hybridized carbons (Fsp3) is 0.650. The fourth-order valence-electron chi connectivity index (χ4n) is 4.79. The standard InChI is InChI=1S/C20H26F2N2O2.ClH/c21-19(22)7-6-16(12-19)20(26,15-4-2-1-3-5-15)17(25)24-10-8-18(9-11-24)13-23-14-18;/h1-5,16,23,26H,6-14H2;1H/t16-,20+;/m1./s1. The van der Waals surface area contributed by atoms with Crippen LogP contribution in [0.1, 0.15) is 37.7 Å². The lowest BCUT2D eigenvalue weighted by molar-refractivity contribution is -0.163. The number of nitrogens with one attached hydrogen (secondary N) is 1. The summed E-state index contributed by atoms with van der Waals surface area (Å²) in [5.74, 6) is -3.97. The minimum Gasteiger partial charge on any atom is -0.375 e. The van der Waals surface area contributed by atoms with Crippen LogP contribution < -0.4 is 5.32 Å². The molecular formula is C20H27ClF2N2O2. The number of carbonyl (C=O) groups is 1. The molecule has 2 N–H and O–H groups in total. The molecule has 0 radical (unpaired) electrons. The third-order valence-corrected chi connectivity index (χ3v) is 6.65. The maximum absolute atomic E-state index is 13.9. The molecule has 4 rings (SSSR count). The molecule has 1 aromatic rings. The summed E-state index contributed by atoms with van der Waals surface area (Å²) in [6.45, 7) is 3.12. The van der Waals surface area contributed by atoms with Crippen molar-refractivity contribution >= 4 is 18.3 Å². The second-order valence-corrected chi connectivity index (χ2v) is 8.32. The van der Waals surface area contributed by atoms with Gasteiger partial charge in [0.15, 0.2) is 5.60 Å². The molecule has 1 aliphatic carbocycles. The number of aliphatic hydroxyl groups is 1. The van der Waals surface area contributed by atoms with Crippen LogP contribution in [-0.2, 0) is 10.4 Å². The van der Waals surface area contributed by atoms with Crippen LogP contribution in [0, 0.1) is 11.3 Å². The Labute approximate surface area is 164 Å². The van der Waals surface area contributed by atoms with Gasteiger partial charge in [0.2, 0.25) is 5.92 Å². The molecule has 27 heavy (non-hydrogen) atoms. The number of hydrogen-bond acceptors (Lipinski definition) is 3. The summed E-state index contributed by atoms with van der Waals surface area (Å²) < 4.78 is 27.7. The highest BCUT2D eigenvalue weighted by Crippen LogP contribution is 2.48. The Morgan fingerprint density at radius 3 is 2.26 bits per heavy atom. The van der Waals surface area contributed by atoms with E-state index in [1.165, 1.54) is 0 Å². The van der Waals surface area contributed by atoms with Gasteiger partial charge < -0.3 is 15.3 Å². The van der Waals surface area contributed by atoms with Crippen LogP contribution in [0.5, 0.6) is 0 Å². The smallest absolute Gasteiger partial charge is 0.259 e. The van der Waals surface area contributed by atoms with Crippen LogP contribution in [0.4, 0.5) is 8.78 Å². The molecule has 3 fully saturated rings. The van der Waals surface area contributed by atoms with E-state index in [0.717, 1.165) is 25.9 Å². The predicted octanol–water partition coefficient (Wildman–Crippen LogP) is 2.94. The molecule has 0 unspecified atom stereocenters. The number of carbonyl (C=O) groups excluding carboxylic acids is 1. The highest BCUT2D eigenvalue weighted by atomic mass is 35.5. The molecule has 3 aliphatic rings. The van der Waals surface area contributed by atoms with Gasteiger partial charge in [-0.05, 0) is 30.2 Å². The summed E-state index contributed by atoms with van der Waals surface area (Å²) in [6.07, 6.45) is 1.25. The second-order valence-electron chi connectivity index (χ2n) is 8.32. The monoisotopic (exact) mass is 400 g/mol. The van der Waals surface area contributed by atoms with Crippen LogP contribution in [0.15, 0.2) is 30.3 Å². The first kappa shape index (κ1) is 20.5. The predicted molar refractivity (Wildman–Crippen MR) is 101 cm³/mol. The lowest BCUT2D eigenvalue weighted by Gasteiger charge is -2.49. The number of alkyl halides is 2. The summed E-state index contributed by atoms with van der Waals surface area (Å²) in [7, 11) is 0. The summed E-state index contributed by atoms with van der Waals surface area (Å²) in [5, 5.41) is 14.8. The molecule has 4 nitrogen and oxygen atoms in total. The Morgan fingerprint density at radius 2 is 1.78 bits per heavy atom. The maximum Gasteiger partial charge on any atom is 0.259 e. The molecular weight excluding hydrogens is 374 g/mol. The zero-order chi connectivity index (χ0) is 18.4. The highest BCUT2D eigenvalue weighted by Gasteiger charge is 2.55. The first-order valence-electron chi connectivity index (χ1n) is 9.51. The molecule has 2 saturated heterocycles. The Hall–Kier alpha value is -1.24. The lowest BCUT2D eigenvalue weighted by Crippen LogP contribution is -2.61. The van der Waals surface area contributed by atoms with Gasteiger partial charge in [-0.15, -0.1) is 12.4 Å². The van der Waals surface area contributed by atoms with Crippen molar-refractivity contribution in [1.82, 2.24) is 10.2 Å². The molecule has 0 aromatic heterocycles.